The second kappa shape index (κ2) is 6.10. The van der Waals surface area contributed by atoms with Crippen LogP contribution in [-0.4, -0.2) is 18.1 Å². The van der Waals surface area contributed by atoms with Crippen molar-refractivity contribution < 1.29 is 23.0 Å². The molecule has 1 rings (SSSR count). The van der Waals surface area contributed by atoms with Crippen LogP contribution in [0.25, 0.3) is 0 Å². The third-order valence-electron chi connectivity index (χ3n) is 2.04. The van der Waals surface area contributed by atoms with Crippen molar-refractivity contribution in [2.45, 2.75) is 19.6 Å². The van der Waals surface area contributed by atoms with Crippen LogP contribution >= 0.6 is 7.60 Å². The van der Waals surface area contributed by atoms with Crippen LogP contribution in [0, 0.1) is 10.1 Å². The highest BCUT2D eigenvalue weighted by molar-refractivity contribution is 7.54. The van der Waals surface area contributed by atoms with Gasteiger partial charge in [-0.1, -0.05) is 0 Å². The van der Waals surface area contributed by atoms with Crippen LogP contribution in [0.4, 0.5) is 5.88 Å². The molecule has 102 valence electrons. The van der Waals surface area contributed by atoms with Gasteiger partial charge in [-0.15, -0.1) is 0 Å². The van der Waals surface area contributed by atoms with Gasteiger partial charge in [0.2, 0.25) is 0 Å². The van der Waals surface area contributed by atoms with E-state index in [1.165, 1.54) is 6.07 Å². The number of rotatable bonds is 7. The average molecular weight is 278 g/mol. The summed E-state index contributed by atoms with van der Waals surface area (Å²) >= 11 is 0. The Morgan fingerprint density at radius 1 is 1.44 bits per heavy atom. The van der Waals surface area contributed by atoms with Crippen molar-refractivity contribution in [3.63, 3.8) is 0 Å². The van der Waals surface area contributed by atoms with E-state index in [1.807, 2.05) is 0 Å². The van der Waals surface area contributed by atoms with Crippen LogP contribution in [0.5, 0.6) is 0 Å². The monoisotopic (exact) mass is 278 g/mol. The summed E-state index contributed by atoms with van der Waals surface area (Å²) in [5.74, 6) is -1.67. The lowest BCUT2D eigenvalue weighted by Gasteiger charge is -2.21. The Morgan fingerprint density at radius 2 is 2.00 bits per heavy atom. The molecular formula is C9H15N2O6P. The van der Waals surface area contributed by atoms with E-state index >= 15 is 0 Å². The maximum atomic E-state index is 12.3. The molecule has 0 fully saturated rings. The van der Waals surface area contributed by atoms with Crippen LogP contribution in [0.1, 0.15) is 25.4 Å². The molecule has 18 heavy (non-hydrogen) atoms. The summed E-state index contributed by atoms with van der Waals surface area (Å²) in [6.07, 6.45) is 0. The molecule has 1 atom stereocenters. The fourth-order valence-corrected chi connectivity index (χ4v) is 2.88. The molecule has 9 heteroatoms. The van der Waals surface area contributed by atoms with Gasteiger partial charge in [0.15, 0.2) is 5.78 Å². The lowest BCUT2D eigenvalue weighted by atomic mass is 10.4. The van der Waals surface area contributed by atoms with Crippen molar-refractivity contribution in [1.29, 1.82) is 0 Å². The first-order chi connectivity index (χ1) is 8.44. The van der Waals surface area contributed by atoms with Gasteiger partial charge >= 0.3 is 13.5 Å². The molecule has 0 aliphatic rings. The minimum atomic E-state index is -3.59. The average Bonchev–Trinajstić information content (AvgIpc) is 2.77. The van der Waals surface area contributed by atoms with Gasteiger partial charge in [0.1, 0.15) is 10.7 Å². The van der Waals surface area contributed by atoms with E-state index < -0.39 is 24.2 Å². The van der Waals surface area contributed by atoms with Gasteiger partial charge in [0, 0.05) is 0 Å². The van der Waals surface area contributed by atoms with Gasteiger partial charge in [0.05, 0.1) is 19.3 Å². The Labute approximate surface area is 104 Å². The number of furan rings is 1. The lowest BCUT2D eigenvalue weighted by molar-refractivity contribution is -0.402. The molecule has 0 spiro atoms. The lowest BCUT2D eigenvalue weighted by Crippen LogP contribution is -2.14. The Bertz CT molecular complexity index is 450. The molecule has 0 amide bonds. The van der Waals surface area contributed by atoms with Crippen molar-refractivity contribution in [3.05, 3.63) is 28.0 Å². The zero-order valence-electron chi connectivity index (χ0n) is 10.1. The molecule has 0 aliphatic carbocycles. The number of nitrogens with two attached hydrogens (primary N) is 1. The van der Waals surface area contributed by atoms with Crippen LogP contribution in [0.15, 0.2) is 16.5 Å². The van der Waals surface area contributed by atoms with Crippen LogP contribution in [-0.2, 0) is 13.6 Å². The summed E-state index contributed by atoms with van der Waals surface area (Å²) in [5, 5.41) is 10.5. The first-order valence-electron chi connectivity index (χ1n) is 5.33. The smallest absolute Gasteiger partial charge is 0.403 e. The number of nitrogens with zero attached hydrogens (tertiary/aromatic N) is 1. The molecule has 1 unspecified atom stereocenters. The molecule has 8 nitrogen and oxygen atoms in total. The normalized spacial score (nSPS) is 13.5. The van der Waals surface area contributed by atoms with E-state index in [0.717, 1.165) is 6.07 Å². The predicted octanol–water partition coefficient (Wildman–Crippen LogP) is 2.41. The third kappa shape index (κ3) is 3.17. The van der Waals surface area contributed by atoms with Crippen molar-refractivity contribution in [2.24, 2.45) is 5.73 Å². The zero-order chi connectivity index (χ0) is 13.8. The van der Waals surface area contributed by atoms with E-state index in [-0.39, 0.29) is 19.0 Å². The van der Waals surface area contributed by atoms with Crippen LogP contribution in [0.2, 0.25) is 0 Å². The van der Waals surface area contributed by atoms with Crippen LogP contribution in [0.3, 0.4) is 0 Å². The Balaban J connectivity index is 2.97. The van der Waals surface area contributed by atoms with Gasteiger partial charge < -0.3 is 19.2 Å². The van der Waals surface area contributed by atoms with Crippen molar-refractivity contribution in [1.82, 2.24) is 0 Å². The molecule has 1 heterocycles. The molecule has 0 saturated heterocycles. The van der Waals surface area contributed by atoms with Crippen molar-refractivity contribution in [2.75, 3.05) is 13.2 Å². The summed E-state index contributed by atoms with van der Waals surface area (Å²) in [5.41, 5.74) is 5.73. The topological polar surface area (TPSA) is 118 Å². The maximum Gasteiger partial charge on any atom is 0.433 e. The van der Waals surface area contributed by atoms with Crippen LogP contribution < -0.4 is 5.73 Å². The molecule has 0 saturated carbocycles. The summed E-state index contributed by atoms with van der Waals surface area (Å²) in [7, 11) is -3.59. The zero-order valence-corrected chi connectivity index (χ0v) is 11.0. The minimum Gasteiger partial charge on any atom is -0.403 e. The molecule has 0 aliphatic heterocycles. The van der Waals surface area contributed by atoms with E-state index in [2.05, 4.69) is 0 Å². The summed E-state index contributed by atoms with van der Waals surface area (Å²) < 4.78 is 27.3. The van der Waals surface area contributed by atoms with Gasteiger partial charge in [-0.2, -0.15) is 0 Å². The summed E-state index contributed by atoms with van der Waals surface area (Å²) in [6.45, 7) is 3.58. The molecule has 1 aromatic heterocycles. The second-order valence-electron chi connectivity index (χ2n) is 3.25. The third-order valence-corrected chi connectivity index (χ3v) is 4.21. The Kier molecular flexibility index (Phi) is 5.03. The fraction of sp³-hybridized carbons (Fsp3) is 0.556. The Hall–Kier alpha value is -1.21. The highest BCUT2D eigenvalue weighted by atomic mass is 31.2. The van der Waals surface area contributed by atoms with Gasteiger partial charge in [-0.05, 0) is 19.9 Å². The number of hydrogen-bond acceptors (Lipinski definition) is 7. The first-order valence-corrected chi connectivity index (χ1v) is 6.94. The highest BCUT2D eigenvalue weighted by Crippen LogP contribution is 2.58. The largest absolute Gasteiger partial charge is 0.433 e. The van der Waals surface area contributed by atoms with E-state index in [1.54, 1.807) is 13.8 Å². The van der Waals surface area contributed by atoms with E-state index in [4.69, 9.17) is 19.2 Å². The van der Waals surface area contributed by atoms with E-state index in [0.29, 0.717) is 0 Å². The summed E-state index contributed by atoms with van der Waals surface area (Å²) in [4.78, 5) is 9.77. The molecular weight excluding hydrogens is 263 g/mol. The van der Waals surface area contributed by atoms with E-state index in [9.17, 15) is 14.7 Å². The quantitative estimate of drug-likeness (QED) is 0.462. The van der Waals surface area contributed by atoms with Gasteiger partial charge in [-0.25, -0.2) is 0 Å². The van der Waals surface area contributed by atoms with Crippen molar-refractivity contribution >= 4 is 13.5 Å². The fourth-order valence-electron chi connectivity index (χ4n) is 1.31. The van der Waals surface area contributed by atoms with Gasteiger partial charge in [-0.3, -0.25) is 14.7 Å². The standard InChI is InChI=1S/C9H15N2O6P/c1-3-15-18(14,16-4-2)9(10)7-5-6-8(17-7)11(12)13/h5-6,9H,3-4,10H2,1-2H3. The van der Waals surface area contributed by atoms with Crippen molar-refractivity contribution in [3.8, 4) is 0 Å². The molecule has 0 bridgehead atoms. The number of hydrogen-bond donors (Lipinski definition) is 1. The minimum absolute atomic E-state index is 0.00747. The van der Waals surface area contributed by atoms with Gasteiger partial charge in [0.25, 0.3) is 0 Å². The molecule has 0 aromatic carbocycles. The first kappa shape index (κ1) is 14.8. The molecule has 1 aromatic rings. The SMILES string of the molecule is CCOP(=O)(OCC)C(N)c1ccc([N+](=O)[O-])o1. The molecule has 2 N–H and O–H groups in total. The Morgan fingerprint density at radius 3 is 2.39 bits per heavy atom. The summed E-state index contributed by atoms with van der Waals surface area (Å²) in [6, 6.07) is 2.42. The highest BCUT2D eigenvalue weighted by Gasteiger charge is 2.37. The predicted molar refractivity (Wildman–Crippen MR) is 63.1 cm³/mol. The second-order valence-corrected chi connectivity index (χ2v) is 5.41. The number of nitro groups is 1. The molecule has 0 radical (unpaired) electrons. The maximum absolute atomic E-state index is 12.3.